The Bertz CT molecular complexity index is 292. The second-order valence-corrected chi connectivity index (χ2v) is 7.15. The third kappa shape index (κ3) is 5.39. The van der Waals surface area contributed by atoms with Gasteiger partial charge in [-0.2, -0.15) is 0 Å². The molecule has 2 amide bonds. The zero-order valence-electron chi connectivity index (χ0n) is 13.4. The van der Waals surface area contributed by atoms with Crippen molar-refractivity contribution >= 4 is 6.03 Å². The lowest BCUT2D eigenvalue weighted by Gasteiger charge is -2.45. The van der Waals surface area contributed by atoms with E-state index in [1.807, 2.05) is 13.8 Å². The van der Waals surface area contributed by atoms with Gasteiger partial charge in [0.1, 0.15) is 0 Å². The average molecular weight is 269 g/mol. The monoisotopic (exact) mass is 269 g/mol. The molecule has 1 saturated heterocycles. The molecule has 0 spiro atoms. The van der Waals surface area contributed by atoms with Crippen LogP contribution in [0.5, 0.6) is 0 Å². The van der Waals surface area contributed by atoms with Crippen molar-refractivity contribution in [3.63, 3.8) is 0 Å². The number of carbonyl (C=O) groups is 1. The minimum Gasteiger partial charge on any atom is -0.336 e. The van der Waals surface area contributed by atoms with Gasteiger partial charge in [-0.1, -0.05) is 13.8 Å². The molecule has 0 aromatic rings. The third-order valence-corrected chi connectivity index (χ3v) is 3.83. The van der Waals surface area contributed by atoms with E-state index in [9.17, 15) is 4.79 Å². The van der Waals surface area contributed by atoms with Crippen LogP contribution in [0.1, 0.15) is 48.0 Å². The van der Waals surface area contributed by atoms with E-state index in [4.69, 9.17) is 0 Å². The smallest absolute Gasteiger partial charge is 0.315 e. The lowest BCUT2D eigenvalue weighted by molar-refractivity contribution is 0.0472. The molecular weight excluding hydrogens is 238 g/mol. The van der Waals surface area contributed by atoms with Gasteiger partial charge in [0, 0.05) is 31.2 Å². The fraction of sp³-hybridized carbons (Fsp3) is 0.933. The molecule has 2 atom stereocenters. The number of hydrogen-bond donors (Lipinski definition) is 2. The Hall–Kier alpha value is -0.770. The topological polar surface area (TPSA) is 44.4 Å². The number of piperidine rings is 1. The van der Waals surface area contributed by atoms with Crippen LogP contribution in [0.15, 0.2) is 0 Å². The molecule has 2 N–H and O–H groups in total. The SMILES string of the molecule is CC(C)NC(=O)NCC(C)(C)N1C[C@H](C)C[C@H](C)C1. The van der Waals surface area contributed by atoms with Crippen molar-refractivity contribution in [3.8, 4) is 0 Å². The third-order valence-electron chi connectivity index (χ3n) is 3.83. The van der Waals surface area contributed by atoms with Crippen LogP contribution in [0, 0.1) is 11.8 Å². The van der Waals surface area contributed by atoms with Gasteiger partial charge in [-0.15, -0.1) is 0 Å². The van der Waals surface area contributed by atoms with Crippen LogP contribution in [0.25, 0.3) is 0 Å². The van der Waals surface area contributed by atoms with Crippen LogP contribution >= 0.6 is 0 Å². The Morgan fingerprint density at radius 3 is 2.26 bits per heavy atom. The highest BCUT2D eigenvalue weighted by molar-refractivity contribution is 5.74. The minimum atomic E-state index is -0.0684. The second-order valence-electron chi connectivity index (χ2n) is 7.15. The summed E-state index contributed by atoms with van der Waals surface area (Å²) in [6, 6.07) is 0.110. The largest absolute Gasteiger partial charge is 0.336 e. The van der Waals surface area contributed by atoms with E-state index in [1.54, 1.807) is 0 Å². The van der Waals surface area contributed by atoms with Gasteiger partial charge in [0.15, 0.2) is 0 Å². The normalized spacial score (nSPS) is 25.4. The molecule has 1 aliphatic heterocycles. The van der Waals surface area contributed by atoms with Gasteiger partial charge in [0.05, 0.1) is 0 Å². The lowest BCUT2D eigenvalue weighted by Crippen LogP contribution is -2.57. The summed E-state index contributed by atoms with van der Waals surface area (Å²) in [4.78, 5) is 14.2. The Kier molecular flexibility index (Phi) is 5.65. The molecule has 19 heavy (non-hydrogen) atoms. The standard InChI is InChI=1S/C15H31N3O/c1-11(2)17-14(19)16-10-15(5,6)18-8-12(3)7-13(4)9-18/h11-13H,7-10H2,1-6H3,(H2,16,17,19)/t12-,13+. The van der Waals surface area contributed by atoms with Crippen LogP contribution in [-0.2, 0) is 0 Å². The lowest BCUT2D eigenvalue weighted by atomic mass is 9.88. The first-order chi connectivity index (χ1) is 8.70. The van der Waals surface area contributed by atoms with Crippen molar-refractivity contribution in [1.29, 1.82) is 0 Å². The van der Waals surface area contributed by atoms with Gasteiger partial charge >= 0.3 is 6.03 Å². The molecule has 4 nitrogen and oxygen atoms in total. The molecule has 0 aliphatic carbocycles. The van der Waals surface area contributed by atoms with Crippen molar-refractivity contribution in [2.24, 2.45) is 11.8 Å². The van der Waals surface area contributed by atoms with Gasteiger partial charge in [-0.25, -0.2) is 4.79 Å². The van der Waals surface area contributed by atoms with Crippen molar-refractivity contribution in [2.45, 2.75) is 59.5 Å². The van der Waals surface area contributed by atoms with E-state index in [1.165, 1.54) is 6.42 Å². The van der Waals surface area contributed by atoms with Crippen LogP contribution in [0.4, 0.5) is 4.79 Å². The Labute approximate surface area is 118 Å². The average Bonchev–Trinajstić information content (AvgIpc) is 2.24. The number of rotatable bonds is 4. The molecule has 0 aromatic carbocycles. The van der Waals surface area contributed by atoms with Crippen molar-refractivity contribution in [1.82, 2.24) is 15.5 Å². The molecule has 1 fully saturated rings. The van der Waals surface area contributed by atoms with Crippen molar-refractivity contribution in [3.05, 3.63) is 0 Å². The fourth-order valence-corrected chi connectivity index (χ4v) is 2.88. The zero-order valence-corrected chi connectivity index (χ0v) is 13.4. The van der Waals surface area contributed by atoms with Gasteiger partial charge < -0.3 is 10.6 Å². The highest BCUT2D eigenvalue weighted by Crippen LogP contribution is 2.26. The molecule has 4 heteroatoms. The number of urea groups is 1. The predicted molar refractivity (Wildman–Crippen MR) is 80.3 cm³/mol. The highest BCUT2D eigenvalue weighted by atomic mass is 16.2. The molecule has 0 aromatic heterocycles. The summed E-state index contributed by atoms with van der Waals surface area (Å²) < 4.78 is 0. The quantitative estimate of drug-likeness (QED) is 0.823. The molecule has 0 saturated carbocycles. The summed E-state index contributed by atoms with van der Waals surface area (Å²) in [6.07, 6.45) is 1.31. The number of amides is 2. The number of nitrogens with zero attached hydrogens (tertiary/aromatic N) is 1. The van der Waals surface area contributed by atoms with Crippen molar-refractivity contribution in [2.75, 3.05) is 19.6 Å². The van der Waals surface area contributed by atoms with Gasteiger partial charge in [0.2, 0.25) is 0 Å². The van der Waals surface area contributed by atoms with Crippen LogP contribution in [-0.4, -0.2) is 42.1 Å². The van der Waals surface area contributed by atoms with Crippen molar-refractivity contribution < 1.29 is 4.79 Å². The van der Waals surface area contributed by atoms with Gasteiger partial charge in [0.25, 0.3) is 0 Å². The molecule has 1 rings (SSSR count). The van der Waals surface area contributed by atoms with Gasteiger partial charge in [-0.05, 0) is 46.0 Å². The van der Waals surface area contributed by atoms with Gasteiger partial charge in [-0.3, -0.25) is 4.90 Å². The number of carbonyl (C=O) groups excluding carboxylic acids is 1. The number of likely N-dealkylation sites (tertiary alicyclic amines) is 1. The summed E-state index contributed by atoms with van der Waals surface area (Å²) >= 11 is 0. The van der Waals surface area contributed by atoms with E-state index in [0.29, 0.717) is 6.54 Å². The van der Waals surface area contributed by atoms with E-state index >= 15 is 0 Å². The second kappa shape index (κ2) is 6.60. The van der Waals surface area contributed by atoms with E-state index in [0.717, 1.165) is 24.9 Å². The summed E-state index contributed by atoms with van der Waals surface area (Å²) in [7, 11) is 0. The first-order valence-electron chi connectivity index (χ1n) is 7.50. The van der Waals surface area contributed by atoms with E-state index < -0.39 is 0 Å². The maximum absolute atomic E-state index is 11.7. The highest BCUT2D eigenvalue weighted by Gasteiger charge is 2.32. The first kappa shape index (κ1) is 16.3. The maximum atomic E-state index is 11.7. The molecule has 0 bridgehead atoms. The molecule has 1 aliphatic rings. The summed E-state index contributed by atoms with van der Waals surface area (Å²) in [5, 5.41) is 5.86. The van der Waals surface area contributed by atoms with E-state index in [-0.39, 0.29) is 17.6 Å². The van der Waals surface area contributed by atoms with Crippen LogP contribution in [0.3, 0.4) is 0 Å². The van der Waals surface area contributed by atoms with Crippen LogP contribution < -0.4 is 10.6 Å². The number of nitrogens with one attached hydrogen (secondary N) is 2. The molecule has 0 radical (unpaired) electrons. The predicted octanol–water partition coefficient (Wildman–Crippen LogP) is 2.45. The van der Waals surface area contributed by atoms with Crippen LogP contribution in [0.2, 0.25) is 0 Å². The zero-order chi connectivity index (χ0) is 14.6. The summed E-state index contributed by atoms with van der Waals surface area (Å²) in [5.41, 5.74) is 0.0112. The molecule has 1 heterocycles. The summed E-state index contributed by atoms with van der Waals surface area (Å²) in [5.74, 6) is 1.49. The summed E-state index contributed by atoms with van der Waals surface area (Å²) in [6.45, 7) is 16.0. The van der Waals surface area contributed by atoms with E-state index in [2.05, 4.69) is 43.2 Å². The maximum Gasteiger partial charge on any atom is 0.315 e. The Morgan fingerprint density at radius 1 is 1.26 bits per heavy atom. The number of hydrogen-bond acceptors (Lipinski definition) is 2. The minimum absolute atomic E-state index is 0.0112. The first-order valence-corrected chi connectivity index (χ1v) is 7.50. The molecule has 0 unspecified atom stereocenters. The molecular formula is C15H31N3O. The fourth-order valence-electron chi connectivity index (χ4n) is 2.88. The Morgan fingerprint density at radius 2 is 1.79 bits per heavy atom. The molecule has 112 valence electrons. The Balaban J connectivity index is 2.48.